The fourth-order valence-corrected chi connectivity index (χ4v) is 4.88. The minimum Gasteiger partial charge on any atom is -0.335 e. The predicted molar refractivity (Wildman–Crippen MR) is 126 cm³/mol. The third-order valence-corrected chi connectivity index (χ3v) is 6.78. The van der Waals surface area contributed by atoms with Crippen molar-refractivity contribution < 1.29 is 18.4 Å². The Kier molecular flexibility index (Phi) is 7.26. The molecule has 1 fully saturated rings. The third-order valence-electron chi connectivity index (χ3n) is 5.72. The first kappa shape index (κ1) is 23.9. The summed E-state index contributed by atoms with van der Waals surface area (Å²) in [6.45, 7) is 1.56. The minimum absolute atomic E-state index is 0.0401. The van der Waals surface area contributed by atoms with Crippen LogP contribution in [0.3, 0.4) is 0 Å². The van der Waals surface area contributed by atoms with Crippen LogP contribution in [0, 0.1) is 11.6 Å². The second kappa shape index (κ2) is 10.3. The van der Waals surface area contributed by atoms with E-state index in [9.17, 15) is 23.2 Å². The monoisotopic (exact) mass is 486 g/mol. The molecule has 0 radical (unpaired) electrons. The van der Waals surface area contributed by atoms with Gasteiger partial charge in [0.25, 0.3) is 5.56 Å². The van der Waals surface area contributed by atoms with Crippen molar-refractivity contribution in [1.82, 2.24) is 20.2 Å². The molecular formula is C24H24F2N4O3S. The van der Waals surface area contributed by atoms with Crippen molar-refractivity contribution in [3.05, 3.63) is 64.5 Å². The lowest BCUT2D eigenvalue weighted by Gasteiger charge is -2.23. The Labute approximate surface area is 199 Å². The number of carbonyl (C=O) groups is 2. The Balaban J connectivity index is 1.60. The largest absolute Gasteiger partial charge is 0.335 e. The molecule has 0 aliphatic heterocycles. The molecule has 2 N–H and O–H groups in total. The van der Waals surface area contributed by atoms with Crippen molar-refractivity contribution in [3.8, 4) is 5.69 Å². The topological polar surface area (TPSA) is 93.1 Å². The molecule has 2 aromatic carbocycles. The van der Waals surface area contributed by atoms with Crippen molar-refractivity contribution in [3.63, 3.8) is 0 Å². The number of nitrogens with zero attached hydrogens (tertiary/aromatic N) is 2. The number of rotatable bonds is 5. The number of halogens is 2. The quantitative estimate of drug-likeness (QED) is 0.414. The standard InChI is InChI=1S/C24H24F2N4O3S/c1-14(21(31)29-23(33)27-16-7-3-2-4-8-16)34-24-28-19-10-6-5-9-17(19)22(32)30(24)20-12-11-15(25)13-18(20)26/h5-6,9-14,16H,2-4,7-8H2,1H3,(H2,27,29,31,33). The van der Waals surface area contributed by atoms with E-state index in [1.165, 1.54) is 0 Å². The summed E-state index contributed by atoms with van der Waals surface area (Å²) in [7, 11) is 0. The molecule has 3 aromatic rings. The molecule has 4 rings (SSSR count). The Bertz CT molecular complexity index is 1290. The van der Waals surface area contributed by atoms with Crippen LogP contribution in [0.2, 0.25) is 0 Å². The van der Waals surface area contributed by atoms with Crippen molar-refractivity contribution >= 4 is 34.6 Å². The molecule has 1 saturated carbocycles. The molecule has 1 unspecified atom stereocenters. The zero-order valence-electron chi connectivity index (χ0n) is 18.5. The molecular weight excluding hydrogens is 462 g/mol. The molecule has 1 aliphatic carbocycles. The van der Waals surface area contributed by atoms with Gasteiger partial charge in [-0.15, -0.1) is 0 Å². The fraction of sp³-hybridized carbons (Fsp3) is 0.333. The van der Waals surface area contributed by atoms with Gasteiger partial charge in [-0.25, -0.2) is 18.6 Å². The summed E-state index contributed by atoms with van der Waals surface area (Å²) >= 11 is 0.902. The van der Waals surface area contributed by atoms with Crippen LogP contribution in [0.5, 0.6) is 0 Å². The molecule has 34 heavy (non-hydrogen) atoms. The maximum absolute atomic E-state index is 14.6. The van der Waals surface area contributed by atoms with E-state index in [0.29, 0.717) is 11.6 Å². The van der Waals surface area contributed by atoms with Crippen molar-refractivity contribution in [2.75, 3.05) is 0 Å². The number of hydrogen-bond acceptors (Lipinski definition) is 5. The highest BCUT2D eigenvalue weighted by molar-refractivity contribution is 8.00. The second-order valence-electron chi connectivity index (χ2n) is 8.21. The van der Waals surface area contributed by atoms with E-state index < -0.39 is 34.4 Å². The number of imide groups is 1. The van der Waals surface area contributed by atoms with Crippen LogP contribution in [-0.4, -0.2) is 32.8 Å². The zero-order valence-corrected chi connectivity index (χ0v) is 19.3. The number of nitrogens with one attached hydrogen (secondary N) is 2. The molecule has 0 saturated heterocycles. The van der Waals surface area contributed by atoms with Crippen molar-refractivity contribution in [2.45, 2.75) is 55.5 Å². The molecule has 3 amide bonds. The number of fused-ring (bicyclic) bond motifs is 1. The zero-order chi connectivity index (χ0) is 24.2. The first-order valence-electron chi connectivity index (χ1n) is 11.1. The van der Waals surface area contributed by atoms with E-state index in [-0.39, 0.29) is 22.3 Å². The summed E-state index contributed by atoms with van der Waals surface area (Å²) in [5.41, 5.74) is -0.368. The number of urea groups is 1. The minimum atomic E-state index is -0.940. The molecule has 0 spiro atoms. The number of thioether (sulfide) groups is 1. The van der Waals surface area contributed by atoms with Gasteiger partial charge in [0.2, 0.25) is 5.91 Å². The average molecular weight is 487 g/mol. The van der Waals surface area contributed by atoms with E-state index >= 15 is 0 Å². The van der Waals surface area contributed by atoms with Crippen LogP contribution in [0.25, 0.3) is 16.6 Å². The molecule has 7 nitrogen and oxygen atoms in total. The van der Waals surface area contributed by atoms with Gasteiger partial charge in [0.05, 0.1) is 21.8 Å². The Morgan fingerprint density at radius 3 is 2.59 bits per heavy atom. The summed E-state index contributed by atoms with van der Waals surface area (Å²) in [4.78, 5) is 42.6. The van der Waals surface area contributed by atoms with E-state index in [0.717, 1.165) is 60.6 Å². The highest BCUT2D eigenvalue weighted by Crippen LogP contribution is 2.26. The lowest BCUT2D eigenvalue weighted by molar-refractivity contribution is -0.119. The summed E-state index contributed by atoms with van der Waals surface area (Å²) < 4.78 is 29.1. The van der Waals surface area contributed by atoms with E-state index in [1.54, 1.807) is 31.2 Å². The van der Waals surface area contributed by atoms with Crippen molar-refractivity contribution in [1.29, 1.82) is 0 Å². The van der Waals surface area contributed by atoms with Crippen LogP contribution in [0.15, 0.2) is 52.4 Å². The van der Waals surface area contributed by atoms with Gasteiger partial charge in [-0.2, -0.15) is 0 Å². The van der Waals surface area contributed by atoms with Crippen molar-refractivity contribution in [2.24, 2.45) is 0 Å². The number of para-hydroxylation sites is 1. The number of amides is 3. The molecule has 1 aromatic heterocycles. The average Bonchev–Trinajstić information content (AvgIpc) is 2.81. The summed E-state index contributed by atoms with van der Waals surface area (Å²) in [5, 5.41) is 4.61. The lowest BCUT2D eigenvalue weighted by atomic mass is 9.96. The van der Waals surface area contributed by atoms with Gasteiger partial charge >= 0.3 is 6.03 Å². The Morgan fingerprint density at radius 1 is 1.12 bits per heavy atom. The molecule has 1 atom stereocenters. The van der Waals surface area contributed by atoms with Gasteiger partial charge in [0.1, 0.15) is 11.6 Å². The Morgan fingerprint density at radius 2 is 1.85 bits per heavy atom. The van der Waals surface area contributed by atoms with Gasteiger partial charge in [0, 0.05) is 12.1 Å². The Hall–Kier alpha value is -3.27. The summed E-state index contributed by atoms with van der Waals surface area (Å²) in [5.74, 6) is -2.30. The van der Waals surface area contributed by atoms with E-state index in [2.05, 4.69) is 15.6 Å². The highest BCUT2D eigenvalue weighted by atomic mass is 32.2. The van der Waals surface area contributed by atoms with Gasteiger partial charge in [-0.05, 0) is 44.0 Å². The molecule has 1 heterocycles. The number of benzene rings is 2. The second-order valence-corrected chi connectivity index (χ2v) is 9.51. The van der Waals surface area contributed by atoms with Gasteiger partial charge in [0.15, 0.2) is 5.16 Å². The lowest BCUT2D eigenvalue weighted by Crippen LogP contribution is -2.47. The fourth-order valence-electron chi connectivity index (χ4n) is 3.96. The molecule has 10 heteroatoms. The molecule has 0 bridgehead atoms. The van der Waals surface area contributed by atoms with Crippen LogP contribution in [0.1, 0.15) is 39.0 Å². The van der Waals surface area contributed by atoms with Gasteiger partial charge in [-0.1, -0.05) is 43.2 Å². The predicted octanol–water partition coefficient (Wildman–Crippen LogP) is 4.30. The molecule has 1 aliphatic rings. The maximum Gasteiger partial charge on any atom is 0.321 e. The van der Waals surface area contributed by atoms with Crippen LogP contribution < -0.4 is 16.2 Å². The number of carbonyl (C=O) groups excluding carboxylic acids is 2. The van der Waals surface area contributed by atoms with Crippen LogP contribution in [0.4, 0.5) is 13.6 Å². The van der Waals surface area contributed by atoms with Crippen LogP contribution >= 0.6 is 11.8 Å². The summed E-state index contributed by atoms with van der Waals surface area (Å²) in [6.07, 6.45) is 4.97. The third kappa shape index (κ3) is 5.27. The smallest absolute Gasteiger partial charge is 0.321 e. The maximum atomic E-state index is 14.6. The first-order chi connectivity index (χ1) is 16.3. The van der Waals surface area contributed by atoms with Gasteiger partial charge < -0.3 is 5.32 Å². The number of hydrogen-bond donors (Lipinski definition) is 2. The summed E-state index contributed by atoms with van der Waals surface area (Å²) in [6, 6.07) is 8.89. The van der Waals surface area contributed by atoms with Gasteiger partial charge in [-0.3, -0.25) is 19.5 Å². The number of aromatic nitrogens is 2. The van der Waals surface area contributed by atoms with E-state index in [1.807, 2.05) is 0 Å². The van der Waals surface area contributed by atoms with Crippen LogP contribution in [-0.2, 0) is 4.79 Å². The van der Waals surface area contributed by atoms with E-state index in [4.69, 9.17) is 0 Å². The first-order valence-corrected chi connectivity index (χ1v) is 12.0. The SMILES string of the molecule is CC(Sc1nc2ccccc2c(=O)n1-c1ccc(F)cc1F)C(=O)NC(=O)NC1CCCCC1. The molecule has 178 valence electrons. The highest BCUT2D eigenvalue weighted by Gasteiger charge is 2.24. The normalized spacial score (nSPS) is 15.1.